The van der Waals surface area contributed by atoms with Gasteiger partial charge in [-0.1, -0.05) is 25.0 Å². The number of ether oxygens (including phenoxy) is 2. The number of aromatic nitrogens is 2. The van der Waals surface area contributed by atoms with E-state index in [9.17, 15) is 36.5 Å². The van der Waals surface area contributed by atoms with Gasteiger partial charge in [0, 0.05) is 81.9 Å². The number of pyridine rings is 1. The lowest BCUT2D eigenvalue weighted by Crippen LogP contribution is -2.47. The lowest BCUT2D eigenvalue weighted by atomic mass is 9.69. The third kappa shape index (κ3) is 9.45. The number of hydrogen-bond acceptors (Lipinski definition) is 11. The molecule has 0 radical (unpaired) electrons. The maximum Gasteiger partial charge on any atom is 0.392 e. The van der Waals surface area contributed by atoms with Crippen LogP contribution < -0.4 is 19.7 Å². The fourth-order valence-electron chi connectivity index (χ4n) is 10.5. The van der Waals surface area contributed by atoms with E-state index in [1.165, 1.54) is 35.5 Å². The van der Waals surface area contributed by atoms with E-state index >= 15 is 0 Å². The van der Waals surface area contributed by atoms with Gasteiger partial charge in [0.2, 0.25) is 0 Å². The molecule has 3 aliphatic carbocycles. The highest BCUT2D eigenvalue weighted by atomic mass is 32.2. The summed E-state index contributed by atoms with van der Waals surface area (Å²) in [5.41, 5.74) is 3.67. The minimum Gasteiger partial charge on any atom is -0.455 e. The first kappa shape index (κ1) is 44.0. The Morgan fingerprint density at radius 3 is 2.56 bits per heavy atom. The Balaban J connectivity index is 0.918. The van der Waals surface area contributed by atoms with E-state index in [0.717, 1.165) is 55.8 Å². The highest BCUT2D eigenvalue weighted by molar-refractivity contribution is 7.90. The molecule has 2 saturated heterocycles. The summed E-state index contributed by atoms with van der Waals surface area (Å²) < 4.78 is 83.0. The monoisotopic (exact) mass is 905 g/mol. The molecule has 18 heteroatoms. The Morgan fingerprint density at radius 2 is 1.83 bits per heavy atom. The predicted octanol–water partition coefficient (Wildman–Crippen LogP) is 8.68. The van der Waals surface area contributed by atoms with Crippen molar-refractivity contribution in [3.63, 3.8) is 0 Å². The lowest BCUT2D eigenvalue weighted by molar-refractivity contribution is -0.384. The Labute approximate surface area is 370 Å². The van der Waals surface area contributed by atoms with Crippen molar-refractivity contribution in [2.75, 3.05) is 62.7 Å². The van der Waals surface area contributed by atoms with Gasteiger partial charge in [0.15, 0.2) is 0 Å². The van der Waals surface area contributed by atoms with Crippen molar-refractivity contribution in [2.45, 2.75) is 69.9 Å². The third-order valence-electron chi connectivity index (χ3n) is 14.1. The van der Waals surface area contributed by atoms with Crippen LogP contribution in [-0.4, -0.2) is 92.8 Å². The molecule has 0 spiro atoms. The van der Waals surface area contributed by atoms with Gasteiger partial charge < -0.3 is 24.7 Å². The fraction of sp³-hybridized carbons (Fsp3) is 0.522. The highest BCUT2D eigenvalue weighted by Crippen LogP contribution is 2.66. The van der Waals surface area contributed by atoms with Crippen LogP contribution in [0.1, 0.15) is 69.2 Å². The zero-order valence-electron chi connectivity index (χ0n) is 36.0. The Kier molecular flexibility index (Phi) is 11.9. The molecule has 14 nitrogen and oxygen atoms in total. The van der Waals surface area contributed by atoms with Crippen molar-refractivity contribution in [1.82, 2.24) is 19.6 Å². The molecule has 9 rings (SSSR count). The molecule has 1 amide bonds. The number of H-pyrrole nitrogens is 1. The number of piperazine rings is 1. The number of alkyl halides is 3. The van der Waals surface area contributed by atoms with Gasteiger partial charge in [0.25, 0.3) is 21.6 Å². The number of sulfonamides is 1. The average Bonchev–Trinajstić information content (AvgIpc) is 3.71. The summed E-state index contributed by atoms with van der Waals surface area (Å²) in [6, 6.07) is 12.0. The van der Waals surface area contributed by atoms with Crippen LogP contribution >= 0.6 is 0 Å². The van der Waals surface area contributed by atoms with Crippen LogP contribution in [0, 0.1) is 45.1 Å². The number of allylic oxidation sites excluding steroid dienone is 1. The minimum absolute atomic E-state index is 0.0124. The van der Waals surface area contributed by atoms with Gasteiger partial charge in [-0.3, -0.25) is 19.8 Å². The van der Waals surface area contributed by atoms with Gasteiger partial charge in [-0.2, -0.15) is 13.2 Å². The van der Waals surface area contributed by atoms with Crippen LogP contribution in [0.3, 0.4) is 0 Å². The highest BCUT2D eigenvalue weighted by Gasteiger charge is 2.63. The number of rotatable bonds is 13. The summed E-state index contributed by atoms with van der Waals surface area (Å²) in [6.07, 6.45) is 4.33. The van der Waals surface area contributed by atoms with E-state index in [-0.39, 0.29) is 52.5 Å². The molecule has 4 heterocycles. The third-order valence-corrected chi connectivity index (χ3v) is 15.4. The van der Waals surface area contributed by atoms with Gasteiger partial charge in [0.1, 0.15) is 22.8 Å². The minimum atomic E-state index is -4.59. The molecule has 342 valence electrons. The fourth-order valence-corrected chi connectivity index (χ4v) is 11.4. The van der Waals surface area contributed by atoms with E-state index in [4.69, 9.17) is 9.47 Å². The quantitative estimate of drug-likeness (QED) is 0.0666. The standard InChI is InChI=1S/C46H54F3N7O7S/c1-45(2)11-7-30(38(24-45)36-23-39(46(47,48)49)37-22-35(36)37)27-54-13-15-55(16-14-54)31-3-5-34(42(20-31)63-32-19-29-8-12-50-43(29)52-26-32)44(57)53-64(60,61)33-4-6-40(41(21-33)56(58)59)51-25-28-9-17-62-18-10-28/h3-6,8,12,19-21,26,28,35-37,39,51H,7,9-11,13-18,22-25,27H2,1-2H3,(H,50,52)(H,53,57)/t35?,36-,37?,39+/m1/s1. The second kappa shape index (κ2) is 17.3. The molecule has 2 unspecified atom stereocenters. The Bertz CT molecular complexity index is 2570. The summed E-state index contributed by atoms with van der Waals surface area (Å²) in [6.45, 7) is 9.56. The number of nitro benzene ring substituents is 1. The molecule has 64 heavy (non-hydrogen) atoms. The number of amides is 1. The number of nitrogens with zero attached hydrogens (tertiary/aromatic N) is 4. The number of nitro groups is 1. The van der Waals surface area contributed by atoms with Crippen LogP contribution in [0.2, 0.25) is 0 Å². The second-order valence-corrected chi connectivity index (χ2v) is 20.6. The summed E-state index contributed by atoms with van der Waals surface area (Å²) in [7, 11) is -4.59. The maximum atomic E-state index is 13.9. The maximum absolute atomic E-state index is 13.9. The second-order valence-electron chi connectivity index (χ2n) is 19.0. The Hall–Kier alpha value is -5.20. The average molecular weight is 906 g/mol. The summed E-state index contributed by atoms with van der Waals surface area (Å²) >= 11 is 0. The van der Waals surface area contributed by atoms with E-state index in [1.807, 2.05) is 6.07 Å². The zero-order valence-corrected chi connectivity index (χ0v) is 36.8. The predicted molar refractivity (Wildman–Crippen MR) is 235 cm³/mol. The number of nitrogens with one attached hydrogen (secondary N) is 3. The largest absolute Gasteiger partial charge is 0.455 e. The van der Waals surface area contributed by atoms with Crippen molar-refractivity contribution in [3.8, 4) is 11.5 Å². The first-order valence-corrected chi connectivity index (χ1v) is 23.7. The van der Waals surface area contributed by atoms with Crippen molar-refractivity contribution in [3.05, 3.63) is 87.7 Å². The van der Waals surface area contributed by atoms with Gasteiger partial charge in [0.05, 0.1) is 27.5 Å². The van der Waals surface area contributed by atoms with Crippen LogP contribution in [-0.2, 0) is 14.8 Å². The molecular weight excluding hydrogens is 852 g/mol. The molecule has 2 aromatic carbocycles. The molecule has 5 aliphatic rings. The number of anilines is 2. The summed E-state index contributed by atoms with van der Waals surface area (Å²) in [5.74, 6) is -1.61. The number of carbonyl (C=O) groups is 1. The number of carbonyl (C=O) groups excluding carboxylic acids is 1. The number of fused-ring (bicyclic) bond motifs is 2. The molecule has 4 fully saturated rings. The molecular formula is C46H54F3N7O7S. The zero-order chi connectivity index (χ0) is 45.0. The molecule has 2 aliphatic heterocycles. The first-order chi connectivity index (χ1) is 30.5. The van der Waals surface area contributed by atoms with E-state index in [0.29, 0.717) is 63.8 Å². The number of aromatic amines is 1. The molecule has 3 N–H and O–H groups in total. The normalized spacial score (nSPS) is 24.1. The van der Waals surface area contributed by atoms with E-state index in [2.05, 4.69) is 43.7 Å². The smallest absolute Gasteiger partial charge is 0.392 e. The molecule has 2 saturated carbocycles. The van der Waals surface area contributed by atoms with Crippen molar-refractivity contribution in [2.24, 2.45) is 35.0 Å². The molecule has 4 aromatic rings. The van der Waals surface area contributed by atoms with Gasteiger partial charge >= 0.3 is 6.18 Å². The van der Waals surface area contributed by atoms with Crippen LogP contribution in [0.15, 0.2) is 77.0 Å². The van der Waals surface area contributed by atoms with Crippen molar-refractivity contribution >= 4 is 44.0 Å². The number of benzene rings is 2. The number of halogens is 3. The van der Waals surface area contributed by atoms with E-state index in [1.54, 1.807) is 24.4 Å². The van der Waals surface area contributed by atoms with E-state index < -0.39 is 43.5 Å². The molecule has 4 atom stereocenters. The first-order valence-electron chi connectivity index (χ1n) is 22.2. The van der Waals surface area contributed by atoms with Crippen molar-refractivity contribution < 1.29 is 40.8 Å². The summed E-state index contributed by atoms with van der Waals surface area (Å²) in [5, 5.41) is 15.9. The van der Waals surface area contributed by atoms with Crippen LogP contribution in [0.25, 0.3) is 11.0 Å². The molecule has 0 bridgehead atoms. The van der Waals surface area contributed by atoms with Crippen LogP contribution in [0.5, 0.6) is 11.5 Å². The topological polar surface area (TPSA) is 172 Å². The van der Waals surface area contributed by atoms with Gasteiger partial charge in [-0.05, 0) is 110 Å². The van der Waals surface area contributed by atoms with Crippen molar-refractivity contribution in [1.29, 1.82) is 0 Å². The number of hydrogen-bond donors (Lipinski definition) is 3. The van der Waals surface area contributed by atoms with Gasteiger partial charge in [-0.25, -0.2) is 18.1 Å². The van der Waals surface area contributed by atoms with Gasteiger partial charge in [-0.15, -0.1) is 0 Å². The lowest BCUT2D eigenvalue weighted by Gasteiger charge is -2.40. The molecule has 2 aromatic heterocycles. The SMILES string of the molecule is CC1(C)CCC(CN2CCN(c3ccc(C(=O)NS(=O)(=O)c4ccc(NCC5CCOCC5)c([N+](=O)[O-])c4)c(Oc4cnc5[nH]ccc5c4)c3)CC2)=C([C@@H]2C[C@H](C(F)(F)F)C3CC32)C1. The summed E-state index contributed by atoms with van der Waals surface area (Å²) in [4.78, 5) is 36.9. The van der Waals surface area contributed by atoms with Crippen LogP contribution in [0.4, 0.5) is 30.2 Å². The Morgan fingerprint density at radius 1 is 1.05 bits per heavy atom.